The van der Waals surface area contributed by atoms with Crippen LogP contribution in [-0.2, 0) is 10.0 Å². The molecule has 0 aliphatic carbocycles. The molecule has 1 aromatic heterocycles. The predicted octanol–water partition coefficient (Wildman–Crippen LogP) is 4.58. The summed E-state index contributed by atoms with van der Waals surface area (Å²) in [7, 11) is -1.64. The largest absolute Gasteiger partial charge is 0.496 e. The van der Waals surface area contributed by atoms with E-state index in [0.717, 1.165) is 39.6 Å². The molecule has 5 nitrogen and oxygen atoms in total. The molecule has 0 unspecified atom stereocenters. The lowest BCUT2D eigenvalue weighted by Crippen LogP contribution is -2.09. The molecule has 0 bridgehead atoms. The molecule has 2 aromatic carbocycles. The maximum Gasteiger partial charge on any atom is 0.229 e. The summed E-state index contributed by atoms with van der Waals surface area (Å²) in [6.45, 7) is 6.25. The summed E-state index contributed by atoms with van der Waals surface area (Å²) < 4.78 is 33.2. The zero-order valence-corrected chi connectivity index (χ0v) is 16.5. The molecule has 6 heteroatoms. The van der Waals surface area contributed by atoms with E-state index in [1.54, 1.807) is 13.2 Å². The summed E-state index contributed by atoms with van der Waals surface area (Å²) in [6.07, 6.45) is 3.28. The monoisotopic (exact) mass is 372 g/mol. The quantitative estimate of drug-likeness (QED) is 0.713. The minimum absolute atomic E-state index is 0.249. The average molecular weight is 372 g/mol. The molecule has 0 saturated heterocycles. The van der Waals surface area contributed by atoms with Crippen molar-refractivity contribution in [2.24, 2.45) is 0 Å². The van der Waals surface area contributed by atoms with E-state index in [9.17, 15) is 8.42 Å². The first-order chi connectivity index (χ1) is 12.2. The molecule has 3 aromatic rings. The van der Waals surface area contributed by atoms with Crippen LogP contribution in [-0.4, -0.2) is 26.4 Å². The van der Waals surface area contributed by atoms with Gasteiger partial charge in [0.1, 0.15) is 5.75 Å². The van der Waals surface area contributed by atoms with Crippen LogP contribution in [0.2, 0.25) is 0 Å². The van der Waals surface area contributed by atoms with E-state index >= 15 is 0 Å². The predicted molar refractivity (Wildman–Crippen MR) is 108 cm³/mol. The molecule has 0 radical (unpaired) electrons. The van der Waals surface area contributed by atoms with Crippen LogP contribution in [0.4, 0.5) is 5.69 Å². The smallest absolute Gasteiger partial charge is 0.229 e. The highest BCUT2D eigenvalue weighted by atomic mass is 32.2. The van der Waals surface area contributed by atoms with Gasteiger partial charge >= 0.3 is 0 Å². The number of sulfonamides is 1. The molecule has 1 N–H and O–H groups in total. The van der Waals surface area contributed by atoms with Crippen LogP contribution in [0.1, 0.15) is 25.5 Å². The number of nitrogens with one attached hydrogen (secondary N) is 1. The van der Waals surface area contributed by atoms with E-state index in [4.69, 9.17) is 4.74 Å². The number of methoxy groups -OCH3 is 1. The third-order valence-corrected chi connectivity index (χ3v) is 5.01. The molecule has 0 saturated carbocycles. The van der Waals surface area contributed by atoms with E-state index in [0.29, 0.717) is 5.69 Å². The van der Waals surface area contributed by atoms with Gasteiger partial charge in [0.05, 0.1) is 24.6 Å². The number of hydrogen-bond acceptors (Lipinski definition) is 3. The summed E-state index contributed by atoms with van der Waals surface area (Å²) in [5.41, 5.74) is 4.86. The number of aromatic nitrogens is 1. The summed E-state index contributed by atoms with van der Waals surface area (Å²) >= 11 is 0. The maximum absolute atomic E-state index is 11.6. The van der Waals surface area contributed by atoms with Gasteiger partial charge in [-0.05, 0) is 56.2 Å². The maximum atomic E-state index is 11.6. The standard InChI is InChI=1S/C20H24N2O3S/c1-13(2)22-12-18(15-6-9-20(25-4)14(3)10-15)17-8-7-16(11-19(17)22)21-26(5,23)24/h6-13,21H,1-5H3. The Kier molecular flexibility index (Phi) is 4.71. The highest BCUT2D eigenvalue weighted by Crippen LogP contribution is 2.35. The fraction of sp³-hybridized carbons (Fsp3) is 0.300. The van der Waals surface area contributed by atoms with Gasteiger partial charge in [0.25, 0.3) is 0 Å². The van der Waals surface area contributed by atoms with Crippen molar-refractivity contribution in [3.05, 3.63) is 48.2 Å². The van der Waals surface area contributed by atoms with Crippen LogP contribution >= 0.6 is 0 Å². The Bertz CT molecular complexity index is 1070. The van der Waals surface area contributed by atoms with Gasteiger partial charge in [0.2, 0.25) is 10.0 Å². The molecule has 0 amide bonds. The van der Waals surface area contributed by atoms with Crippen LogP contribution in [0, 0.1) is 6.92 Å². The fourth-order valence-electron chi connectivity index (χ4n) is 3.23. The lowest BCUT2D eigenvalue weighted by atomic mass is 10.0. The number of ether oxygens (including phenoxy) is 1. The van der Waals surface area contributed by atoms with Crippen LogP contribution in [0.5, 0.6) is 5.75 Å². The molecule has 26 heavy (non-hydrogen) atoms. The van der Waals surface area contributed by atoms with Crippen molar-refractivity contribution in [3.63, 3.8) is 0 Å². The van der Waals surface area contributed by atoms with Gasteiger partial charge in [-0.1, -0.05) is 12.1 Å². The van der Waals surface area contributed by atoms with Gasteiger partial charge in [-0.3, -0.25) is 4.72 Å². The zero-order chi connectivity index (χ0) is 19.1. The van der Waals surface area contributed by atoms with Crippen molar-refractivity contribution in [2.75, 3.05) is 18.1 Å². The topological polar surface area (TPSA) is 60.3 Å². The first-order valence-corrected chi connectivity index (χ1v) is 10.4. The highest BCUT2D eigenvalue weighted by Gasteiger charge is 2.14. The lowest BCUT2D eigenvalue weighted by Gasteiger charge is -2.10. The second kappa shape index (κ2) is 6.68. The molecule has 0 spiro atoms. The molecule has 0 aliphatic heterocycles. The van der Waals surface area contributed by atoms with E-state index in [-0.39, 0.29) is 6.04 Å². The van der Waals surface area contributed by atoms with Crippen LogP contribution in [0.3, 0.4) is 0 Å². The Morgan fingerprint density at radius 1 is 1.12 bits per heavy atom. The van der Waals surface area contributed by atoms with E-state index in [1.165, 1.54) is 0 Å². The normalized spacial score (nSPS) is 11.9. The SMILES string of the molecule is COc1ccc(-c2cn(C(C)C)c3cc(NS(C)(=O)=O)ccc23)cc1C. The van der Waals surface area contributed by atoms with Gasteiger partial charge in [-0.15, -0.1) is 0 Å². The van der Waals surface area contributed by atoms with Crippen LogP contribution in [0.25, 0.3) is 22.0 Å². The molecular weight excluding hydrogens is 348 g/mol. The number of hydrogen-bond donors (Lipinski definition) is 1. The Morgan fingerprint density at radius 2 is 1.85 bits per heavy atom. The number of aryl methyl sites for hydroxylation is 1. The average Bonchev–Trinajstić information content (AvgIpc) is 2.92. The summed E-state index contributed by atoms with van der Waals surface area (Å²) in [6, 6.07) is 12.0. The third kappa shape index (κ3) is 3.55. The summed E-state index contributed by atoms with van der Waals surface area (Å²) in [5, 5.41) is 1.09. The van der Waals surface area contributed by atoms with Gasteiger partial charge in [0, 0.05) is 23.2 Å². The van der Waals surface area contributed by atoms with Crippen molar-refractivity contribution in [3.8, 4) is 16.9 Å². The van der Waals surface area contributed by atoms with Crippen molar-refractivity contribution < 1.29 is 13.2 Å². The molecular formula is C20H24N2O3S. The molecule has 3 rings (SSSR count). The Morgan fingerprint density at radius 3 is 2.42 bits per heavy atom. The van der Waals surface area contributed by atoms with Gasteiger partial charge in [0.15, 0.2) is 0 Å². The fourth-order valence-corrected chi connectivity index (χ4v) is 3.79. The van der Waals surface area contributed by atoms with E-state index in [2.05, 4.69) is 35.4 Å². The van der Waals surface area contributed by atoms with E-state index < -0.39 is 10.0 Å². The zero-order valence-electron chi connectivity index (χ0n) is 15.7. The number of nitrogens with zero attached hydrogens (tertiary/aromatic N) is 1. The van der Waals surface area contributed by atoms with E-state index in [1.807, 2.05) is 31.2 Å². The molecule has 0 fully saturated rings. The minimum Gasteiger partial charge on any atom is -0.496 e. The number of benzene rings is 2. The van der Waals surface area contributed by atoms with Gasteiger partial charge in [-0.2, -0.15) is 0 Å². The Hall–Kier alpha value is -2.47. The molecule has 0 aliphatic rings. The molecule has 138 valence electrons. The van der Waals surface area contributed by atoms with Crippen LogP contribution < -0.4 is 9.46 Å². The van der Waals surface area contributed by atoms with Gasteiger partial charge < -0.3 is 9.30 Å². The second-order valence-electron chi connectivity index (χ2n) is 6.83. The Balaban J connectivity index is 2.19. The summed E-state index contributed by atoms with van der Waals surface area (Å²) in [5.74, 6) is 0.862. The highest BCUT2D eigenvalue weighted by molar-refractivity contribution is 7.92. The van der Waals surface area contributed by atoms with Crippen molar-refractivity contribution in [2.45, 2.75) is 26.8 Å². The second-order valence-corrected chi connectivity index (χ2v) is 8.58. The first-order valence-electron chi connectivity index (χ1n) is 8.47. The molecule has 1 heterocycles. The van der Waals surface area contributed by atoms with Crippen molar-refractivity contribution >= 4 is 26.6 Å². The van der Waals surface area contributed by atoms with Crippen LogP contribution in [0.15, 0.2) is 42.6 Å². The van der Waals surface area contributed by atoms with Gasteiger partial charge in [-0.25, -0.2) is 8.42 Å². The lowest BCUT2D eigenvalue weighted by molar-refractivity contribution is 0.412. The Labute approximate surface area is 154 Å². The number of fused-ring (bicyclic) bond motifs is 1. The third-order valence-electron chi connectivity index (χ3n) is 4.40. The number of anilines is 1. The van der Waals surface area contributed by atoms with Crippen molar-refractivity contribution in [1.82, 2.24) is 4.57 Å². The van der Waals surface area contributed by atoms with Crippen molar-refractivity contribution in [1.29, 1.82) is 0 Å². The first kappa shape index (κ1) is 18.3. The number of rotatable bonds is 5. The summed E-state index contributed by atoms with van der Waals surface area (Å²) in [4.78, 5) is 0. The minimum atomic E-state index is -3.31. The molecule has 0 atom stereocenters.